The van der Waals surface area contributed by atoms with Crippen molar-refractivity contribution < 1.29 is 53.6 Å². The van der Waals surface area contributed by atoms with Gasteiger partial charge in [-0.25, -0.2) is 0 Å². The molecule has 0 heterocycles. The van der Waals surface area contributed by atoms with Crippen LogP contribution in [-0.4, -0.2) is 59.9 Å². The predicted molar refractivity (Wildman–Crippen MR) is 54.2 cm³/mol. The molecule has 0 saturated heterocycles. The zero-order valence-electron chi connectivity index (χ0n) is 12.2. The van der Waals surface area contributed by atoms with Crippen LogP contribution in [-0.2, 0) is 9.59 Å². The van der Waals surface area contributed by atoms with E-state index in [9.17, 15) is 9.59 Å². The summed E-state index contributed by atoms with van der Waals surface area (Å²) in [4.78, 5) is 19.2. The van der Waals surface area contributed by atoms with Crippen molar-refractivity contribution in [1.82, 2.24) is 0 Å². The third kappa shape index (κ3) is 37.9. The minimum Gasteiger partial charge on any atom is -1.00 e. The summed E-state index contributed by atoms with van der Waals surface area (Å²) in [6.45, 7) is 3.68. The first-order chi connectivity index (χ1) is 5.54. The number of hydrogen-bond donors (Lipinski definition) is 2. The van der Waals surface area contributed by atoms with E-state index < -0.39 is 11.9 Å². The van der Waals surface area contributed by atoms with E-state index in [-0.39, 0.29) is 71.6 Å². The van der Waals surface area contributed by atoms with Crippen LogP contribution in [0.15, 0.2) is 0 Å². The van der Waals surface area contributed by atoms with Crippen LogP contribution in [0.1, 0.15) is 43.8 Å². The van der Waals surface area contributed by atoms with Gasteiger partial charge in [0.05, 0.1) is 0 Å². The van der Waals surface area contributed by atoms with Crippen molar-refractivity contribution in [2.45, 2.75) is 39.5 Å². The van der Waals surface area contributed by atoms with Gasteiger partial charge in [0.2, 0.25) is 0 Å². The number of carboxylic acids is 2. The Labute approximate surface area is 141 Å². The zero-order valence-corrected chi connectivity index (χ0v) is 13.5. The third-order valence-corrected chi connectivity index (χ3v) is 0.928. The molecule has 0 aromatic rings. The number of rotatable bonds is 4. The van der Waals surface area contributed by atoms with E-state index in [0.717, 1.165) is 12.8 Å². The van der Waals surface area contributed by atoms with E-state index in [4.69, 9.17) is 10.2 Å². The molecule has 0 unspecified atom stereocenters. The molecule has 14 heavy (non-hydrogen) atoms. The molecule has 2 N–H and O–H groups in total. The van der Waals surface area contributed by atoms with Crippen molar-refractivity contribution in [3.05, 3.63) is 0 Å². The molecule has 0 aliphatic heterocycles. The maximum atomic E-state index is 9.60. The topological polar surface area (TPSA) is 74.6 Å². The molecule has 78 valence electrons. The summed E-state index contributed by atoms with van der Waals surface area (Å²) in [5.41, 5.74) is 0. The largest absolute Gasteiger partial charge is 2.00 e. The molecule has 0 aromatic carbocycles. The van der Waals surface area contributed by atoms with Gasteiger partial charge < -0.3 is 14.5 Å². The van der Waals surface area contributed by atoms with Gasteiger partial charge in [-0.2, -0.15) is 0 Å². The summed E-state index contributed by atoms with van der Waals surface area (Å²) in [6, 6.07) is 0. The number of carboxylic acid groups (broad SMARTS) is 2. The molecule has 0 aromatic heterocycles. The molecule has 0 spiro atoms. The Morgan fingerprint density at radius 3 is 1.21 bits per heavy atom. The van der Waals surface area contributed by atoms with Crippen LogP contribution in [0.4, 0.5) is 0 Å². The molecule has 0 atom stereocenters. The van der Waals surface area contributed by atoms with Gasteiger partial charge in [0.25, 0.3) is 0 Å². The second-order valence-electron chi connectivity index (χ2n) is 2.29. The Kier molecular flexibility index (Phi) is 34.4. The average Bonchev–Trinajstić information content (AvgIpc) is 1.87. The number of carbonyl (C=O) groups is 2. The maximum absolute atomic E-state index is 9.60. The van der Waals surface area contributed by atoms with Gasteiger partial charge in [0.15, 0.2) is 0 Å². The second-order valence-corrected chi connectivity index (χ2v) is 2.29. The van der Waals surface area contributed by atoms with Crippen LogP contribution in [0.3, 0.4) is 0 Å². The SMILES string of the molecule is CCCC(=O)O.CCCC(=O)O.[Ca+2].[H-].[H-].[H-].[Na+]. The van der Waals surface area contributed by atoms with Gasteiger partial charge >= 0.3 is 79.2 Å². The first-order valence-electron chi connectivity index (χ1n) is 3.98. The molecule has 0 aliphatic rings. The zero-order chi connectivity index (χ0) is 9.98. The van der Waals surface area contributed by atoms with Crippen molar-refractivity contribution >= 4 is 49.7 Å². The summed E-state index contributed by atoms with van der Waals surface area (Å²) >= 11 is 0. The Bertz CT molecular complexity index is 137. The smallest absolute Gasteiger partial charge is 1.00 e. The minimum atomic E-state index is -0.711. The monoisotopic (exact) mass is 242 g/mol. The molecular weight excluding hydrogens is 223 g/mol. The summed E-state index contributed by atoms with van der Waals surface area (Å²) in [7, 11) is 0. The van der Waals surface area contributed by atoms with Gasteiger partial charge in [0.1, 0.15) is 0 Å². The first kappa shape index (κ1) is 24.4. The molecule has 0 bridgehead atoms. The summed E-state index contributed by atoms with van der Waals surface area (Å²) in [6.07, 6.45) is 2.05. The van der Waals surface area contributed by atoms with Crippen molar-refractivity contribution in [1.29, 1.82) is 0 Å². The van der Waals surface area contributed by atoms with Crippen molar-refractivity contribution in [2.75, 3.05) is 0 Å². The van der Waals surface area contributed by atoms with Gasteiger partial charge in [0, 0.05) is 12.8 Å². The van der Waals surface area contributed by atoms with Crippen molar-refractivity contribution in [2.24, 2.45) is 0 Å². The Hall–Kier alpha value is 1.20. The fourth-order valence-electron chi connectivity index (χ4n) is 0.428. The van der Waals surface area contributed by atoms with E-state index >= 15 is 0 Å². The average molecular weight is 242 g/mol. The van der Waals surface area contributed by atoms with E-state index in [1.54, 1.807) is 0 Å². The van der Waals surface area contributed by atoms with Crippen LogP contribution in [0.2, 0.25) is 0 Å². The Morgan fingerprint density at radius 1 is 1.00 bits per heavy atom. The molecule has 0 aliphatic carbocycles. The summed E-state index contributed by atoms with van der Waals surface area (Å²) in [5, 5.41) is 15.8. The van der Waals surface area contributed by atoms with Gasteiger partial charge in [-0.3, -0.25) is 9.59 Å². The molecule has 6 heteroatoms. The molecule has 0 saturated carbocycles. The molecular formula is C8H19CaNaO4. The van der Waals surface area contributed by atoms with E-state index in [2.05, 4.69) is 0 Å². The third-order valence-electron chi connectivity index (χ3n) is 0.928. The van der Waals surface area contributed by atoms with Crippen LogP contribution in [0.25, 0.3) is 0 Å². The molecule has 0 amide bonds. The van der Waals surface area contributed by atoms with E-state index in [1.165, 1.54) is 0 Å². The van der Waals surface area contributed by atoms with E-state index in [0.29, 0.717) is 12.8 Å². The molecule has 4 nitrogen and oxygen atoms in total. The van der Waals surface area contributed by atoms with E-state index in [1.807, 2.05) is 13.8 Å². The molecule has 0 fully saturated rings. The predicted octanol–water partition coefficient (Wildman–Crippen LogP) is -1.30. The van der Waals surface area contributed by atoms with Crippen LogP contribution < -0.4 is 29.6 Å². The molecule has 0 radical (unpaired) electrons. The normalized spacial score (nSPS) is 7.00. The van der Waals surface area contributed by atoms with Gasteiger partial charge in [-0.05, 0) is 12.8 Å². The van der Waals surface area contributed by atoms with Crippen LogP contribution >= 0.6 is 0 Å². The van der Waals surface area contributed by atoms with Crippen LogP contribution in [0, 0.1) is 0 Å². The van der Waals surface area contributed by atoms with Gasteiger partial charge in [-0.1, -0.05) is 13.8 Å². The summed E-state index contributed by atoms with van der Waals surface area (Å²) < 4.78 is 0. The summed E-state index contributed by atoms with van der Waals surface area (Å²) in [5.74, 6) is -1.42. The maximum Gasteiger partial charge on any atom is 2.00 e. The minimum absolute atomic E-state index is 0. The standard InChI is InChI=1S/2C4H8O2.Ca.Na.3H/c2*1-2-3-4(5)6;;;;;/h2*2-3H2,1H3,(H,5,6);;;;;/q;;+2;+1;3*-1. The fraction of sp³-hybridized carbons (Fsp3) is 0.750. The Balaban J connectivity index is -0.0000000182. The fourth-order valence-corrected chi connectivity index (χ4v) is 0.428. The second kappa shape index (κ2) is 19.7. The first-order valence-corrected chi connectivity index (χ1v) is 3.98. The van der Waals surface area contributed by atoms with Crippen LogP contribution in [0.5, 0.6) is 0 Å². The van der Waals surface area contributed by atoms with Crippen molar-refractivity contribution in [3.8, 4) is 0 Å². The molecule has 0 rings (SSSR count). The number of hydrogen-bond acceptors (Lipinski definition) is 2. The quantitative estimate of drug-likeness (QED) is 0.601. The Morgan fingerprint density at radius 2 is 1.21 bits per heavy atom. The number of aliphatic carboxylic acids is 2. The van der Waals surface area contributed by atoms with Crippen molar-refractivity contribution in [3.63, 3.8) is 0 Å². The van der Waals surface area contributed by atoms with Gasteiger partial charge in [-0.15, -0.1) is 0 Å².